The minimum absolute atomic E-state index is 0.0988. The molecule has 1 aromatic carbocycles. The minimum Gasteiger partial charge on any atom is -0.325 e. The number of thiophene rings is 1. The van der Waals surface area contributed by atoms with E-state index in [2.05, 4.69) is 20.6 Å². The monoisotopic (exact) mass is 462 g/mol. The van der Waals surface area contributed by atoms with E-state index in [0.717, 1.165) is 35.0 Å². The summed E-state index contributed by atoms with van der Waals surface area (Å²) in [5.74, 6) is 0.649. The van der Waals surface area contributed by atoms with Gasteiger partial charge in [0.1, 0.15) is 10.7 Å². The van der Waals surface area contributed by atoms with Crippen molar-refractivity contribution in [1.82, 2.24) is 9.97 Å². The summed E-state index contributed by atoms with van der Waals surface area (Å²) in [7, 11) is 0. The molecule has 4 rings (SSSR count). The van der Waals surface area contributed by atoms with Crippen LogP contribution >= 0.6 is 34.7 Å². The number of rotatable bonds is 6. The summed E-state index contributed by atoms with van der Waals surface area (Å²) in [6.07, 6.45) is 3.06. The number of thioether (sulfide) groups is 1. The first-order valence-corrected chi connectivity index (χ1v) is 11.7. The molecule has 0 saturated carbocycles. The first-order valence-electron chi connectivity index (χ1n) is 9.39. The first-order chi connectivity index (χ1) is 14.4. The van der Waals surface area contributed by atoms with E-state index in [0.29, 0.717) is 28.0 Å². The van der Waals surface area contributed by atoms with Crippen LogP contribution in [0.4, 0.5) is 11.4 Å². The van der Waals surface area contributed by atoms with Gasteiger partial charge in [-0.15, -0.1) is 23.1 Å². The molecule has 30 heavy (non-hydrogen) atoms. The third-order valence-electron chi connectivity index (χ3n) is 4.66. The summed E-state index contributed by atoms with van der Waals surface area (Å²) in [5.41, 5.74) is 1.97. The topological polar surface area (TPSA) is 104 Å². The lowest BCUT2D eigenvalue weighted by Gasteiger charge is -2.12. The van der Waals surface area contributed by atoms with Crippen molar-refractivity contribution in [3.63, 3.8) is 0 Å². The number of fused-ring (bicyclic) bond motifs is 3. The van der Waals surface area contributed by atoms with Crippen LogP contribution < -0.4 is 16.2 Å². The van der Waals surface area contributed by atoms with Crippen molar-refractivity contribution < 1.29 is 9.59 Å². The largest absolute Gasteiger partial charge is 0.325 e. The van der Waals surface area contributed by atoms with Crippen LogP contribution in [0.3, 0.4) is 0 Å². The number of hydrogen-bond acceptors (Lipinski definition) is 6. The Morgan fingerprint density at radius 3 is 2.90 bits per heavy atom. The highest BCUT2D eigenvalue weighted by Gasteiger charge is 2.21. The van der Waals surface area contributed by atoms with Crippen molar-refractivity contribution in [1.29, 1.82) is 0 Å². The number of amides is 2. The zero-order valence-corrected chi connectivity index (χ0v) is 18.5. The molecule has 2 amide bonds. The number of halogens is 1. The Hall–Kier alpha value is -2.36. The Bertz CT molecular complexity index is 1200. The number of aryl methyl sites for hydroxylation is 2. The molecular weight excluding hydrogens is 444 g/mol. The van der Waals surface area contributed by atoms with Crippen LogP contribution in [0, 0.1) is 0 Å². The van der Waals surface area contributed by atoms with Crippen molar-refractivity contribution in [3.8, 4) is 0 Å². The molecule has 0 saturated heterocycles. The van der Waals surface area contributed by atoms with Crippen LogP contribution in [0.15, 0.2) is 23.0 Å². The second-order valence-corrected chi connectivity index (χ2v) is 9.47. The van der Waals surface area contributed by atoms with Crippen LogP contribution in [0.1, 0.15) is 29.6 Å². The van der Waals surface area contributed by atoms with Crippen molar-refractivity contribution in [3.05, 3.63) is 49.8 Å². The smallest absolute Gasteiger partial charge is 0.259 e. The van der Waals surface area contributed by atoms with Crippen LogP contribution in [0.25, 0.3) is 10.2 Å². The maximum Gasteiger partial charge on any atom is 0.259 e. The van der Waals surface area contributed by atoms with Gasteiger partial charge in [0.05, 0.1) is 28.3 Å². The highest BCUT2D eigenvalue weighted by atomic mass is 35.5. The zero-order chi connectivity index (χ0) is 21.3. The number of hydrogen-bond donors (Lipinski definition) is 3. The van der Waals surface area contributed by atoms with Crippen molar-refractivity contribution >= 4 is 68.1 Å². The average Bonchev–Trinajstić information content (AvgIpc) is 3.24. The van der Waals surface area contributed by atoms with Gasteiger partial charge in [-0.1, -0.05) is 11.6 Å². The molecule has 0 radical (unpaired) electrons. The lowest BCUT2D eigenvalue weighted by atomic mass is 10.2. The lowest BCUT2D eigenvalue weighted by Crippen LogP contribution is -2.17. The molecule has 2 aromatic heterocycles. The standard InChI is InChI=1S/C20H19ClN4O3S2/c1-10(26)22-13-6-5-11(21)7-14(13)23-17(27)9-29-8-16-24-19(28)18-12-3-2-4-15(12)30-20(18)25-16/h5-7H,2-4,8-9H2,1H3,(H,22,26)(H,23,27)(H,24,25,28). The fourth-order valence-corrected chi connectivity index (χ4v) is 5.60. The lowest BCUT2D eigenvalue weighted by molar-refractivity contribution is -0.115. The molecule has 156 valence electrons. The van der Waals surface area contributed by atoms with E-state index in [9.17, 15) is 14.4 Å². The van der Waals surface area contributed by atoms with Gasteiger partial charge >= 0.3 is 0 Å². The Labute approximate surface area is 185 Å². The van der Waals surface area contributed by atoms with Crippen molar-refractivity contribution in [2.75, 3.05) is 16.4 Å². The Balaban J connectivity index is 1.39. The van der Waals surface area contributed by atoms with Gasteiger partial charge in [-0.3, -0.25) is 14.4 Å². The maximum atomic E-state index is 12.5. The van der Waals surface area contributed by atoms with Crippen molar-refractivity contribution in [2.45, 2.75) is 31.9 Å². The van der Waals surface area contributed by atoms with Gasteiger partial charge in [-0.05, 0) is 43.0 Å². The molecule has 2 heterocycles. The van der Waals surface area contributed by atoms with Crippen molar-refractivity contribution in [2.24, 2.45) is 0 Å². The fourth-order valence-electron chi connectivity index (χ4n) is 3.46. The summed E-state index contributed by atoms with van der Waals surface area (Å²) in [6.45, 7) is 1.39. The second kappa shape index (κ2) is 8.79. The van der Waals surface area contributed by atoms with Gasteiger partial charge in [-0.2, -0.15) is 0 Å². The molecule has 1 aliphatic rings. The molecule has 10 heteroatoms. The van der Waals surface area contributed by atoms with Gasteiger partial charge in [0.15, 0.2) is 0 Å². The number of carbonyl (C=O) groups is 2. The number of benzene rings is 1. The Morgan fingerprint density at radius 2 is 2.10 bits per heavy atom. The second-order valence-electron chi connectivity index (χ2n) is 6.96. The van der Waals surface area contributed by atoms with Gasteiger partial charge in [0.25, 0.3) is 5.56 Å². The number of H-pyrrole nitrogens is 1. The van der Waals surface area contributed by atoms with Crippen LogP contribution in [-0.2, 0) is 28.2 Å². The SMILES string of the molecule is CC(=O)Nc1ccc(Cl)cc1NC(=O)CSCc1nc2sc3c(c2c(=O)[nH]1)CCC3. The summed E-state index contributed by atoms with van der Waals surface area (Å²) in [6, 6.07) is 4.85. The molecule has 0 bridgehead atoms. The highest BCUT2D eigenvalue weighted by molar-refractivity contribution is 7.99. The molecular formula is C20H19ClN4O3S2. The molecule has 0 atom stereocenters. The normalized spacial score (nSPS) is 12.7. The first kappa shape index (κ1) is 20.9. The summed E-state index contributed by atoms with van der Waals surface area (Å²) in [4.78, 5) is 45.7. The van der Waals surface area contributed by atoms with Crippen LogP contribution in [-0.4, -0.2) is 27.5 Å². The molecule has 3 N–H and O–H groups in total. The summed E-state index contributed by atoms with van der Waals surface area (Å²) in [5, 5.41) is 6.60. The summed E-state index contributed by atoms with van der Waals surface area (Å²) < 4.78 is 0. The zero-order valence-electron chi connectivity index (χ0n) is 16.1. The predicted octanol–water partition coefficient (Wildman–Crippen LogP) is 3.96. The van der Waals surface area contributed by atoms with E-state index in [1.54, 1.807) is 29.5 Å². The van der Waals surface area contributed by atoms with E-state index >= 15 is 0 Å². The molecule has 0 aliphatic heterocycles. The Morgan fingerprint density at radius 1 is 1.27 bits per heavy atom. The third kappa shape index (κ3) is 4.53. The molecule has 0 fully saturated rings. The molecule has 1 aliphatic carbocycles. The van der Waals surface area contributed by atoms with E-state index in [1.165, 1.54) is 23.6 Å². The van der Waals surface area contributed by atoms with Gasteiger partial charge in [0.2, 0.25) is 11.8 Å². The maximum absolute atomic E-state index is 12.5. The molecule has 3 aromatic rings. The molecule has 0 spiro atoms. The minimum atomic E-state index is -0.243. The van der Waals surface area contributed by atoms with Crippen LogP contribution in [0.2, 0.25) is 5.02 Å². The van der Waals surface area contributed by atoms with Gasteiger partial charge < -0.3 is 15.6 Å². The highest BCUT2D eigenvalue weighted by Crippen LogP contribution is 2.34. The number of aromatic amines is 1. The number of anilines is 2. The van der Waals surface area contributed by atoms with Crippen LogP contribution in [0.5, 0.6) is 0 Å². The van der Waals surface area contributed by atoms with E-state index in [-0.39, 0.29) is 23.1 Å². The summed E-state index contributed by atoms with van der Waals surface area (Å²) >= 11 is 8.94. The van der Waals surface area contributed by atoms with E-state index < -0.39 is 0 Å². The van der Waals surface area contributed by atoms with Gasteiger partial charge in [0, 0.05) is 16.8 Å². The van der Waals surface area contributed by atoms with E-state index in [4.69, 9.17) is 11.6 Å². The number of aromatic nitrogens is 2. The third-order valence-corrected chi connectivity index (χ3v) is 7.03. The quantitative estimate of drug-likeness (QED) is 0.514. The fraction of sp³-hybridized carbons (Fsp3) is 0.300. The Kier molecular flexibility index (Phi) is 6.12. The molecule has 0 unspecified atom stereocenters. The number of nitrogens with zero attached hydrogens (tertiary/aromatic N) is 1. The number of carbonyl (C=O) groups excluding carboxylic acids is 2. The van der Waals surface area contributed by atoms with E-state index in [1.807, 2.05) is 0 Å². The number of nitrogens with one attached hydrogen (secondary N) is 3. The molecule has 7 nitrogen and oxygen atoms in total. The average molecular weight is 463 g/mol. The predicted molar refractivity (Wildman–Crippen MR) is 123 cm³/mol. The van der Waals surface area contributed by atoms with Gasteiger partial charge in [-0.25, -0.2) is 4.98 Å².